The number of hydrogen-bond acceptors (Lipinski definition) is 5. The number of carbonyl (C=O) groups is 3. The second kappa shape index (κ2) is 7.01. The number of rotatable bonds is 6. The van der Waals surface area contributed by atoms with E-state index in [4.69, 9.17) is 10.5 Å². The highest BCUT2D eigenvalue weighted by Crippen LogP contribution is 2.09. The van der Waals surface area contributed by atoms with Crippen LogP contribution in [-0.4, -0.2) is 36.4 Å². The Morgan fingerprint density at radius 1 is 1.41 bits per heavy atom. The molecule has 6 nitrogen and oxygen atoms in total. The molecule has 0 aliphatic carbocycles. The lowest BCUT2D eigenvalue weighted by atomic mass is 10.1. The van der Waals surface area contributed by atoms with Crippen molar-refractivity contribution in [3.8, 4) is 0 Å². The lowest BCUT2D eigenvalue weighted by Crippen LogP contribution is -2.41. The second-order valence-corrected chi connectivity index (χ2v) is 4.64. The fraction of sp³-hybridized carbons (Fsp3) is 0.727. The van der Waals surface area contributed by atoms with E-state index in [0.717, 1.165) is 0 Å². The third-order valence-electron chi connectivity index (χ3n) is 1.78. The van der Waals surface area contributed by atoms with E-state index >= 15 is 0 Å². The first-order valence-electron chi connectivity index (χ1n) is 5.45. The van der Waals surface area contributed by atoms with Gasteiger partial charge in [-0.25, -0.2) is 0 Å². The molecule has 0 aromatic rings. The topological polar surface area (TPSA) is 98.5 Å². The number of nitrogens with one attached hydrogen (secondary N) is 1. The molecule has 0 heterocycles. The molecular weight excluding hydrogens is 224 g/mol. The van der Waals surface area contributed by atoms with E-state index in [1.165, 1.54) is 0 Å². The van der Waals surface area contributed by atoms with Crippen molar-refractivity contribution in [2.75, 3.05) is 6.54 Å². The Morgan fingerprint density at radius 3 is 2.47 bits per heavy atom. The van der Waals surface area contributed by atoms with Crippen molar-refractivity contribution in [2.45, 2.75) is 45.3 Å². The molecule has 1 amide bonds. The van der Waals surface area contributed by atoms with Crippen LogP contribution >= 0.6 is 0 Å². The summed E-state index contributed by atoms with van der Waals surface area (Å²) in [6.07, 6.45) is 0.838. The Balaban J connectivity index is 3.91. The average Bonchev–Trinajstić information content (AvgIpc) is 2.20. The Hall–Kier alpha value is -1.43. The summed E-state index contributed by atoms with van der Waals surface area (Å²) >= 11 is 0. The lowest BCUT2D eigenvalue weighted by molar-refractivity contribution is -0.155. The van der Waals surface area contributed by atoms with Crippen LogP contribution in [0.25, 0.3) is 0 Å². The smallest absolute Gasteiger partial charge is 0.306 e. The molecule has 0 saturated carbocycles. The van der Waals surface area contributed by atoms with Crippen molar-refractivity contribution in [2.24, 2.45) is 5.73 Å². The van der Waals surface area contributed by atoms with E-state index in [-0.39, 0.29) is 19.4 Å². The molecule has 1 atom stereocenters. The van der Waals surface area contributed by atoms with Crippen molar-refractivity contribution in [1.29, 1.82) is 0 Å². The van der Waals surface area contributed by atoms with E-state index in [2.05, 4.69) is 5.32 Å². The van der Waals surface area contributed by atoms with E-state index in [9.17, 15) is 14.4 Å². The minimum Gasteiger partial charge on any atom is -0.460 e. The maximum Gasteiger partial charge on any atom is 0.306 e. The summed E-state index contributed by atoms with van der Waals surface area (Å²) < 4.78 is 5.07. The van der Waals surface area contributed by atoms with Crippen LogP contribution < -0.4 is 11.1 Å². The van der Waals surface area contributed by atoms with E-state index in [0.29, 0.717) is 6.29 Å². The highest BCUT2D eigenvalue weighted by Gasteiger charge is 2.19. The largest absolute Gasteiger partial charge is 0.460 e. The van der Waals surface area contributed by atoms with Crippen LogP contribution in [-0.2, 0) is 19.1 Å². The Kier molecular flexibility index (Phi) is 6.42. The molecule has 0 bridgehead atoms. The van der Waals surface area contributed by atoms with E-state index in [1.807, 2.05) is 0 Å². The van der Waals surface area contributed by atoms with Gasteiger partial charge in [-0.15, -0.1) is 0 Å². The molecule has 1 unspecified atom stereocenters. The summed E-state index contributed by atoms with van der Waals surface area (Å²) in [5.41, 5.74) is 4.99. The third kappa shape index (κ3) is 8.38. The molecule has 0 aromatic carbocycles. The Bertz CT molecular complexity index is 284. The summed E-state index contributed by atoms with van der Waals surface area (Å²) in [5, 5.41) is 2.32. The molecule has 98 valence electrons. The molecule has 6 heteroatoms. The van der Waals surface area contributed by atoms with Crippen LogP contribution in [0.4, 0.5) is 0 Å². The Morgan fingerprint density at radius 2 is 2.00 bits per heavy atom. The minimum atomic E-state index is -0.803. The number of aldehydes is 1. The molecule has 3 N–H and O–H groups in total. The molecule has 0 aliphatic rings. The lowest BCUT2D eigenvalue weighted by Gasteiger charge is -2.20. The number of carbonyl (C=O) groups excluding carboxylic acids is 3. The summed E-state index contributed by atoms with van der Waals surface area (Å²) in [7, 11) is 0. The number of ether oxygens (including phenoxy) is 1. The summed E-state index contributed by atoms with van der Waals surface area (Å²) in [6, 6.07) is -0.803. The molecule has 0 aromatic heterocycles. The molecule has 17 heavy (non-hydrogen) atoms. The maximum absolute atomic E-state index is 11.3. The van der Waals surface area contributed by atoms with Crippen LogP contribution in [0.15, 0.2) is 0 Å². The summed E-state index contributed by atoms with van der Waals surface area (Å²) in [4.78, 5) is 32.6. The first-order valence-corrected chi connectivity index (χ1v) is 5.45. The second-order valence-electron chi connectivity index (χ2n) is 4.64. The minimum absolute atomic E-state index is 0.0705. The molecular formula is C11H20N2O4. The van der Waals surface area contributed by atoms with Gasteiger partial charge >= 0.3 is 5.97 Å². The monoisotopic (exact) mass is 244 g/mol. The molecule has 0 saturated heterocycles. The van der Waals surface area contributed by atoms with Crippen molar-refractivity contribution < 1.29 is 19.1 Å². The number of amides is 1. The average molecular weight is 244 g/mol. The SMILES string of the molecule is CC(C)(C)OC(=O)CCC(N)C(=O)NCC=O. The van der Waals surface area contributed by atoms with Gasteiger partial charge in [0.25, 0.3) is 0 Å². The van der Waals surface area contributed by atoms with Crippen LogP contribution in [0.5, 0.6) is 0 Å². The fourth-order valence-electron chi connectivity index (χ4n) is 1.07. The zero-order valence-corrected chi connectivity index (χ0v) is 10.5. The third-order valence-corrected chi connectivity index (χ3v) is 1.78. The van der Waals surface area contributed by atoms with Crippen LogP contribution in [0, 0.1) is 0 Å². The number of esters is 1. The van der Waals surface area contributed by atoms with Crippen LogP contribution in [0.2, 0.25) is 0 Å². The van der Waals surface area contributed by atoms with Gasteiger partial charge in [-0.1, -0.05) is 0 Å². The van der Waals surface area contributed by atoms with Crippen molar-refractivity contribution in [1.82, 2.24) is 5.32 Å². The number of hydrogen-bond donors (Lipinski definition) is 2. The number of nitrogens with two attached hydrogens (primary N) is 1. The maximum atomic E-state index is 11.3. The van der Waals surface area contributed by atoms with Gasteiger partial charge in [0, 0.05) is 6.42 Å². The quantitative estimate of drug-likeness (QED) is 0.496. The van der Waals surface area contributed by atoms with Gasteiger partial charge < -0.3 is 20.6 Å². The first kappa shape index (κ1) is 15.6. The van der Waals surface area contributed by atoms with Crippen molar-refractivity contribution in [3.63, 3.8) is 0 Å². The highest BCUT2D eigenvalue weighted by molar-refractivity contribution is 5.83. The fourth-order valence-corrected chi connectivity index (χ4v) is 1.07. The summed E-state index contributed by atoms with van der Waals surface area (Å²) in [5.74, 6) is -0.836. The first-order chi connectivity index (χ1) is 7.76. The van der Waals surface area contributed by atoms with Gasteiger partial charge in [-0.2, -0.15) is 0 Å². The molecule has 0 rings (SSSR count). The van der Waals surface area contributed by atoms with Gasteiger partial charge in [0.05, 0.1) is 12.6 Å². The molecule has 0 aliphatic heterocycles. The van der Waals surface area contributed by atoms with Gasteiger partial charge in [0.1, 0.15) is 11.9 Å². The molecule has 0 spiro atoms. The zero-order valence-electron chi connectivity index (χ0n) is 10.5. The predicted octanol–water partition coefficient (Wildman–Crippen LogP) is -0.249. The molecule has 0 radical (unpaired) electrons. The van der Waals surface area contributed by atoms with Gasteiger partial charge in [-0.05, 0) is 27.2 Å². The predicted molar refractivity (Wildman–Crippen MR) is 62.1 cm³/mol. The Labute approximate surface area is 101 Å². The van der Waals surface area contributed by atoms with E-state index < -0.39 is 23.5 Å². The summed E-state index contributed by atoms with van der Waals surface area (Å²) in [6.45, 7) is 5.23. The van der Waals surface area contributed by atoms with Crippen molar-refractivity contribution >= 4 is 18.2 Å². The van der Waals surface area contributed by atoms with Crippen molar-refractivity contribution in [3.05, 3.63) is 0 Å². The molecule has 0 fully saturated rings. The van der Waals surface area contributed by atoms with Crippen LogP contribution in [0.3, 0.4) is 0 Å². The van der Waals surface area contributed by atoms with Gasteiger partial charge in [-0.3, -0.25) is 9.59 Å². The highest BCUT2D eigenvalue weighted by atomic mass is 16.6. The zero-order chi connectivity index (χ0) is 13.5. The van der Waals surface area contributed by atoms with Gasteiger partial charge in [0.15, 0.2) is 0 Å². The van der Waals surface area contributed by atoms with Gasteiger partial charge in [0.2, 0.25) is 5.91 Å². The van der Waals surface area contributed by atoms with E-state index in [1.54, 1.807) is 20.8 Å². The normalized spacial score (nSPS) is 12.7. The van der Waals surface area contributed by atoms with Crippen LogP contribution in [0.1, 0.15) is 33.6 Å². The standard InChI is InChI=1S/C11H20N2O4/c1-11(2,3)17-9(15)5-4-8(12)10(16)13-6-7-14/h7-8H,4-6,12H2,1-3H3,(H,13,16).